The maximum Gasteiger partial charge on any atom is 0.494 e. The first-order chi connectivity index (χ1) is 20.3. The molecule has 3 rings (SSSR count). The lowest BCUT2D eigenvalue weighted by molar-refractivity contribution is -0.514. The van der Waals surface area contributed by atoms with Crippen LogP contribution in [0.2, 0.25) is 0 Å². The molecule has 0 saturated carbocycles. The molecule has 6 nitrogen and oxygen atoms in total. The Balaban J connectivity index is 1.58. The number of halogens is 6. The molecular formula is C30H32F6O6S. The maximum atomic E-state index is 14.0. The zero-order chi connectivity index (χ0) is 31.7. The summed E-state index contributed by atoms with van der Waals surface area (Å²) in [6.07, 6.45) is -12.5. The molecule has 2 aromatic carbocycles. The molecule has 236 valence electrons. The van der Waals surface area contributed by atoms with E-state index >= 15 is 0 Å². The van der Waals surface area contributed by atoms with Gasteiger partial charge in [0.2, 0.25) is 0 Å². The molecule has 0 fully saturated rings. The topological polar surface area (TPSA) is 63.2 Å². The van der Waals surface area contributed by atoms with Crippen LogP contribution in [0.3, 0.4) is 0 Å². The van der Waals surface area contributed by atoms with Crippen LogP contribution in [0.4, 0.5) is 26.3 Å². The number of unbranched alkanes of at least 4 members (excludes halogenated alkanes) is 2. The lowest BCUT2D eigenvalue weighted by Crippen LogP contribution is -2.41. The molecule has 0 atom stereocenters. The number of ether oxygens (including phenoxy) is 5. The fourth-order valence-electron chi connectivity index (χ4n) is 4.00. The van der Waals surface area contributed by atoms with Crippen molar-refractivity contribution in [2.75, 3.05) is 20.3 Å². The zero-order valence-corrected chi connectivity index (χ0v) is 24.4. The van der Waals surface area contributed by atoms with E-state index in [1.165, 1.54) is 23.0 Å². The van der Waals surface area contributed by atoms with Gasteiger partial charge in [0.1, 0.15) is 11.5 Å². The van der Waals surface area contributed by atoms with Crippen molar-refractivity contribution in [2.45, 2.75) is 64.0 Å². The smallest absolute Gasteiger partial charge is 0.494 e. The van der Waals surface area contributed by atoms with Gasteiger partial charge < -0.3 is 14.2 Å². The van der Waals surface area contributed by atoms with Crippen molar-refractivity contribution in [3.05, 3.63) is 60.7 Å². The number of fused-ring (bicyclic) bond motifs is 1. The average Bonchev–Trinajstić information content (AvgIpc) is 3.34. The summed E-state index contributed by atoms with van der Waals surface area (Å²) in [6.45, 7) is 3.39. The van der Waals surface area contributed by atoms with Gasteiger partial charge in [-0.25, -0.2) is 14.3 Å². The summed E-state index contributed by atoms with van der Waals surface area (Å²) < 4.78 is 105. The lowest BCUT2D eigenvalue weighted by Gasteiger charge is -2.26. The first-order valence-electron chi connectivity index (χ1n) is 13.4. The molecule has 1 aromatic heterocycles. The minimum Gasteiger partial charge on any atom is -0.496 e. The van der Waals surface area contributed by atoms with Crippen LogP contribution in [0, 0.1) is 0 Å². The van der Waals surface area contributed by atoms with Crippen molar-refractivity contribution in [3.63, 3.8) is 0 Å². The molecule has 0 amide bonds. The second-order valence-electron chi connectivity index (χ2n) is 9.46. The van der Waals surface area contributed by atoms with Crippen LogP contribution in [-0.4, -0.2) is 44.8 Å². The van der Waals surface area contributed by atoms with Gasteiger partial charge in [-0.3, -0.25) is 0 Å². The van der Waals surface area contributed by atoms with Crippen LogP contribution in [0.15, 0.2) is 55.1 Å². The number of esters is 1. The highest BCUT2D eigenvalue weighted by Gasteiger charge is 2.52. The first-order valence-corrected chi connectivity index (χ1v) is 14.2. The van der Waals surface area contributed by atoms with Crippen LogP contribution in [0.5, 0.6) is 11.5 Å². The third kappa shape index (κ3) is 10.7. The Labute approximate surface area is 249 Å². The van der Waals surface area contributed by atoms with Gasteiger partial charge in [-0.2, -0.15) is 17.6 Å². The molecule has 0 aliphatic rings. The highest BCUT2D eigenvalue weighted by Crippen LogP contribution is 2.40. The molecule has 0 N–H and O–H groups in total. The van der Waals surface area contributed by atoms with Gasteiger partial charge in [-0.1, -0.05) is 32.4 Å². The van der Waals surface area contributed by atoms with Crippen molar-refractivity contribution >= 4 is 27.4 Å². The van der Waals surface area contributed by atoms with E-state index in [1.54, 1.807) is 19.2 Å². The van der Waals surface area contributed by atoms with E-state index in [-0.39, 0.29) is 5.75 Å². The van der Waals surface area contributed by atoms with E-state index in [0.717, 1.165) is 52.0 Å². The Morgan fingerprint density at radius 1 is 0.930 bits per heavy atom. The number of methoxy groups -OCH3 is 1. The number of hydrogen-bond donors (Lipinski definition) is 0. The second-order valence-corrected chi connectivity index (χ2v) is 10.5. The van der Waals surface area contributed by atoms with Gasteiger partial charge in [0.05, 0.1) is 33.2 Å². The van der Waals surface area contributed by atoms with E-state index in [4.69, 9.17) is 9.47 Å². The Morgan fingerprint density at radius 3 is 2.28 bits per heavy atom. The van der Waals surface area contributed by atoms with Crippen LogP contribution in [0.25, 0.3) is 20.5 Å². The first kappa shape index (κ1) is 34.2. The van der Waals surface area contributed by atoms with Crippen molar-refractivity contribution in [1.82, 2.24) is 0 Å². The summed E-state index contributed by atoms with van der Waals surface area (Å²) >= 11 is 1.43. The summed E-state index contributed by atoms with van der Waals surface area (Å²) in [5, 5.41) is 0.868. The molecule has 0 saturated heterocycles. The summed E-state index contributed by atoms with van der Waals surface area (Å²) in [6, 6.07) is 12.9. The number of hydrogen-bond acceptors (Lipinski definition) is 7. The van der Waals surface area contributed by atoms with Gasteiger partial charge in [-0.15, -0.1) is 20.1 Å². The minimum atomic E-state index is -5.35. The molecule has 0 aliphatic carbocycles. The third-order valence-corrected chi connectivity index (χ3v) is 7.23. The molecule has 13 heteroatoms. The van der Waals surface area contributed by atoms with E-state index in [1.807, 2.05) is 18.2 Å². The monoisotopic (exact) mass is 634 g/mol. The molecule has 43 heavy (non-hydrogen) atoms. The summed E-state index contributed by atoms with van der Waals surface area (Å²) in [5.74, 6) is -0.153. The standard InChI is InChI=1S/C30H32F6O6S/c1-4-6-7-8-20-9-12-23(24(17-20)38-3)26-18-21-10-11-22(19-25(21)43-26)39-15-13-28(31,32)41-30(35,36)42-29(33,34)14-16-40-27(37)5-2/h5,9-12,17-19H,2,4,6-8,13-16H2,1,3H3. The summed E-state index contributed by atoms with van der Waals surface area (Å²) in [7, 11) is 1.60. The number of thiophene rings is 1. The third-order valence-electron chi connectivity index (χ3n) is 6.09. The van der Waals surface area contributed by atoms with E-state index in [2.05, 4.69) is 33.8 Å². The minimum absolute atomic E-state index is 0.193. The Hall–Kier alpha value is -3.29. The number of rotatable bonds is 18. The predicted molar refractivity (Wildman–Crippen MR) is 150 cm³/mol. The van der Waals surface area contributed by atoms with Crippen LogP contribution < -0.4 is 9.47 Å². The predicted octanol–water partition coefficient (Wildman–Crippen LogP) is 8.97. The fourth-order valence-corrected chi connectivity index (χ4v) is 5.12. The molecule has 0 unspecified atom stereocenters. The molecule has 0 radical (unpaired) electrons. The van der Waals surface area contributed by atoms with Crippen molar-refractivity contribution < 1.29 is 54.8 Å². The number of aryl methyl sites for hydroxylation is 1. The van der Waals surface area contributed by atoms with E-state index in [9.17, 15) is 31.1 Å². The summed E-state index contributed by atoms with van der Waals surface area (Å²) in [4.78, 5) is 11.8. The fraction of sp³-hybridized carbons (Fsp3) is 0.433. The highest BCUT2D eigenvalue weighted by molar-refractivity contribution is 7.22. The van der Waals surface area contributed by atoms with Gasteiger partial charge in [0, 0.05) is 21.2 Å². The van der Waals surface area contributed by atoms with Gasteiger partial charge >= 0.3 is 24.5 Å². The quantitative estimate of drug-likeness (QED) is 0.0458. The van der Waals surface area contributed by atoms with Crippen LogP contribution in [0.1, 0.15) is 44.6 Å². The maximum absolute atomic E-state index is 14.0. The van der Waals surface area contributed by atoms with Crippen LogP contribution in [-0.2, 0) is 25.4 Å². The SMILES string of the molecule is C=CC(=O)OCCC(F)(F)OC(F)(F)OC(F)(F)CCOc1ccc2cc(-c3ccc(CCCCC)cc3OC)sc2c1. The second kappa shape index (κ2) is 14.9. The zero-order valence-electron chi connectivity index (χ0n) is 23.6. The number of carbonyl (C=O) groups excluding carboxylic acids is 1. The average molecular weight is 635 g/mol. The van der Waals surface area contributed by atoms with E-state index < -0.39 is 50.5 Å². The largest absolute Gasteiger partial charge is 0.496 e. The van der Waals surface area contributed by atoms with Gasteiger partial charge in [0.15, 0.2) is 0 Å². The molecular weight excluding hydrogens is 602 g/mol. The Kier molecular flexibility index (Phi) is 11.9. The van der Waals surface area contributed by atoms with Crippen molar-refractivity contribution in [2.24, 2.45) is 0 Å². The van der Waals surface area contributed by atoms with Crippen LogP contribution >= 0.6 is 11.3 Å². The number of benzene rings is 2. The number of carbonyl (C=O) groups is 1. The highest BCUT2D eigenvalue weighted by atomic mass is 32.1. The molecule has 0 aliphatic heterocycles. The lowest BCUT2D eigenvalue weighted by atomic mass is 10.0. The van der Waals surface area contributed by atoms with Gasteiger partial charge in [-0.05, 0) is 60.2 Å². The normalized spacial score (nSPS) is 12.4. The Bertz CT molecular complexity index is 1380. The van der Waals surface area contributed by atoms with Crippen molar-refractivity contribution in [1.29, 1.82) is 0 Å². The molecule has 1 heterocycles. The molecule has 0 bridgehead atoms. The molecule has 0 spiro atoms. The van der Waals surface area contributed by atoms with Gasteiger partial charge in [0.25, 0.3) is 0 Å². The Morgan fingerprint density at radius 2 is 1.63 bits per heavy atom. The summed E-state index contributed by atoms with van der Waals surface area (Å²) in [5.41, 5.74) is 2.07. The molecule has 3 aromatic rings. The number of alkyl halides is 6. The van der Waals surface area contributed by atoms with E-state index in [0.29, 0.717) is 6.08 Å². The van der Waals surface area contributed by atoms with Crippen molar-refractivity contribution in [3.8, 4) is 21.9 Å².